The van der Waals surface area contributed by atoms with Crippen molar-refractivity contribution >= 4 is 11.8 Å². The van der Waals surface area contributed by atoms with Crippen LogP contribution in [0.3, 0.4) is 0 Å². The molecule has 2 unspecified atom stereocenters. The van der Waals surface area contributed by atoms with Gasteiger partial charge in [-0.05, 0) is 36.5 Å². The molecule has 0 bridgehead atoms. The Kier molecular flexibility index (Phi) is 4.93. The lowest BCUT2D eigenvalue weighted by Crippen LogP contribution is -2.20. The van der Waals surface area contributed by atoms with Crippen LogP contribution in [0.4, 0.5) is 0 Å². The summed E-state index contributed by atoms with van der Waals surface area (Å²) in [4.78, 5) is 1.35. The third-order valence-corrected chi connectivity index (χ3v) is 5.22. The van der Waals surface area contributed by atoms with Gasteiger partial charge in [0.05, 0.1) is 6.61 Å². The van der Waals surface area contributed by atoms with Crippen molar-refractivity contribution in [3.63, 3.8) is 0 Å². The summed E-state index contributed by atoms with van der Waals surface area (Å²) in [7, 11) is 0. The van der Waals surface area contributed by atoms with Gasteiger partial charge < -0.3 is 5.11 Å². The predicted molar refractivity (Wildman–Crippen MR) is 74.3 cm³/mol. The third kappa shape index (κ3) is 3.49. The van der Waals surface area contributed by atoms with E-state index in [-0.39, 0.29) is 6.61 Å². The van der Waals surface area contributed by atoms with Crippen LogP contribution in [0.2, 0.25) is 0 Å². The monoisotopic (exact) mass is 250 g/mol. The zero-order valence-electron chi connectivity index (χ0n) is 10.6. The molecule has 1 nitrogen and oxygen atoms in total. The summed E-state index contributed by atoms with van der Waals surface area (Å²) in [6.45, 7) is 2.46. The van der Waals surface area contributed by atoms with E-state index >= 15 is 0 Å². The summed E-state index contributed by atoms with van der Waals surface area (Å²) in [6, 6.07) is 8.37. The van der Waals surface area contributed by atoms with Gasteiger partial charge in [0.25, 0.3) is 0 Å². The van der Waals surface area contributed by atoms with E-state index in [0.29, 0.717) is 0 Å². The van der Waals surface area contributed by atoms with E-state index < -0.39 is 0 Å². The number of aliphatic hydroxyl groups excluding tert-OH is 1. The van der Waals surface area contributed by atoms with Crippen molar-refractivity contribution in [1.82, 2.24) is 0 Å². The van der Waals surface area contributed by atoms with Gasteiger partial charge in [-0.3, -0.25) is 0 Å². The van der Waals surface area contributed by atoms with Crippen LogP contribution in [0, 0.1) is 5.92 Å². The van der Waals surface area contributed by atoms with E-state index in [1.165, 1.54) is 37.0 Å². The first kappa shape index (κ1) is 13.0. The largest absolute Gasteiger partial charge is 0.392 e. The summed E-state index contributed by atoms with van der Waals surface area (Å²) >= 11 is 2.03. The molecule has 1 N–H and O–H groups in total. The fourth-order valence-corrected chi connectivity index (χ4v) is 4.09. The highest BCUT2D eigenvalue weighted by Gasteiger charge is 2.24. The Bertz CT molecular complexity index is 333. The van der Waals surface area contributed by atoms with E-state index in [9.17, 15) is 0 Å². The molecule has 1 aromatic rings. The molecule has 0 spiro atoms. The second-order valence-electron chi connectivity index (χ2n) is 4.91. The van der Waals surface area contributed by atoms with Crippen molar-refractivity contribution in [2.24, 2.45) is 5.92 Å². The van der Waals surface area contributed by atoms with Crippen molar-refractivity contribution in [2.75, 3.05) is 0 Å². The third-order valence-electron chi connectivity index (χ3n) is 3.76. The first-order chi connectivity index (χ1) is 8.33. The van der Waals surface area contributed by atoms with E-state index in [1.807, 2.05) is 23.9 Å². The Morgan fingerprint density at radius 3 is 2.53 bits per heavy atom. The topological polar surface area (TPSA) is 20.2 Å². The molecule has 1 saturated carbocycles. The van der Waals surface area contributed by atoms with Crippen LogP contribution >= 0.6 is 11.8 Å². The van der Waals surface area contributed by atoms with Crippen LogP contribution in [-0.2, 0) is 6.61 Å². The fraction of sp³-hybridized carbons (Fsp3) is 0.600. The average molecular weight is 250 g/mol. The number of hydrogen-bond acceptors (Lipinski definition) is 2. The van der Waals surface area contributed by atoms with E-state index in [4.69, 9.17) is 5.11 Å². The molecule has 2 heteroatoms. The van der Waals surface area contributed by atoms with Crippen molar-refractivity contribution in [3.8, 4) is 0 Å². The molecule has 0 aromatic heterocycles. The molecular formula is C15H22OS. The molecule has 1 aliphatic rings. The van der Waals surface area contributed by atoms with Gasteiger partial charge in [-0.25, -0.2) is 0 Å². The van der Waals surface area contributed by atoms with Crippen molar-refractivity contribution in [3.05, 3.63) is 29.8 Å². The molecule has 1 fully saturated rings. The second kappa shape index (κ2) is 6.46. The Morgan fingerprint density at radius 2 is 1.88 bits per heavy atom. The number of aliphatic hydroxyl groups is 1. The van der Waals surface area contributed by atoms with E-state index in [0.717, 1.165) is 16.7 Å². The smallest absolute Gasteiger partial charge is 0.0681 e. The lowest BCUT2D eigenvalue weighted by Gasteiger charge is -2.30. The summed E-state index contributed by atoms with van der Waals surface area (Å²) < 4.78 is 0. The Balaban J connectivity index is 1.98. The molecule has 1 aromatic carbocycles. The Hall–Kier alpha value is -0.470. The summed E-state index contributed by atoms with van der Waals surface area (Å²) in [5.41, 5.74) is 1.00. The number of hydrogen-bond donors (Lipinski definition) is 1. The van der Waals surface area contributed by atoms with Gasteiger partial charge in [-0.2, -0.15) is 0 Å². The van der Waals surface area contributed by atoms with Crippen LogP contribution in [0.1, 0.15) is 44.6 Å². The normalized spacial score (nSPS) is 24.8. The zero-order valence-corrected chi connectivity index (χ0v) is 11.4. The molecule has 0 saturated heterocycles. The standard InChI is InChI=1S/C15H22OS/c1-2-13-5-3-4-6-15(13)17-14-9-7-12(11-16)8-10-14/h7-10,13,15-16H,2-6,11H2,1H3. The van der Waals surface area contributed by atoms with Gasteiger partial charge >= 0.3 is 0 Å². The van der Waals surface area contributed by atoms with Gasteiger partial charge in [0.15, 0.2) is 0 Å². The maximum Gasteiger partial charge on any atom is 0.0681 e. The maximum absolute atomic E-state index is 9.02. The second-order valence-corrected chi connectivity index (χ2v) is 6.22. The highest BCUT2D eigenvalue weighted by atomic mass is 32.2. The van der Waals surface area contributed by atoms with Crippen LogP contribution < -0.4 is 0 Å². The minimum atomic E-state index is 0.145. The molecule has 94 valence electrons. The average Bonchev–Trinajstić information content (AvgIpc) is 2.40. The van der Waals surface area contributed by atoms with Gasteiger partial charge in [-0.1, -0.05) is 38.3 Å². The van der Waals surface area contributed by atoms with E-state index in [2.05, 4.69) is 19.1 Å². The number of rotatable bonds is 4. The fourth-order valence-electron chi connectivity index (χ4n) is 2.64. The van der Waals surface area contributed by atoms with Crippen LogP contribution in [0.15, 0.2) is 29.2 Å². The molecule has 1 aliphatic carbocycles. The SMILES string of the molecule is CCC1CCCCC1Sc1ccc(CO)cc1. The van der Waals surface area contributed by atoms with Crippen molar-refractivity contribution < 1.29 is 5.11 Å². The maximum atomic E-state index is 9.02. The Labute approximate surface area is 109 Å². The lowest BCUT2D eigenvalue weighted by molar-refractivity contribution is 0.282. The minimum absolute atomic E-state index is 0.145. The summed E-state index contributed by atoms with van der Waals surface area (Å²) in [5, 5.41) is 9.82. The van der Waals surface area contributed by atoms with Crippen molar-refractivity contribution in [2.45, 2.75) is 55.8 Å². The highest BCUT2D eigenvalue weighted by molar-refractivity contribution is 8.00. The van der Waals surface area contributed by atoms with Gasteiger partial charge in [0, 0.05) is 10.1 Å². The Morgan fingerprint density at radius 1 is 1.18 bits per heavy atom. The van der Waals surface area contributed by atoms with Crippen LogP contribution in [0.5, 0.6) is 0 Å². The van der Waals surface area contributed by atoms with Crippen LogP contribution in [0.25, 0.3) is 0 Å². The molecule has 17 heavy (non-hydrogen) atoms. The molecular weight excluding hydrogens is 228 g/mol. The molecule has 2 rings (SSSR count). The molecule has 0 aliphatic heterocycles. The lowest BCUT2D eigenvalue weighted by atomic mass is 9.87. The van der Waals surface area contributed by atoms with E-state index in [1.54, 1.807) is 0 Å². The van der Waals surface area contributed by atoms with Gasteiger partial charge in [0.2, 0.25) is 0 Å². The minimum Gasteiger partial charge on any atom is -0.392 e. The highest BCUT2D eigenvalue weighted by Crippen LogP contribution is 2.38. The van der Waals surface area contributed by atoms with Crippen LogP contribution in [-0.4, -0.2) is 10.4 Å². The molecule has 0 amide bonds. The quantitative estimate of drug-likeness (QED) is 0.862. The zero-order chi connectivity index (χ0) is 12.1. The van der Waals surface area contributed by atoms with Gasteiger partial charge in [-0.15, -0.1) is 11.8 Å². The summed E-state index contributed by atoms with van der Waals surface area (Å²) in [6.07, 6.45) is 6.89. The number of benzene rings is 1. The predicted octanol–water partition coefficient (Wildman–Crippen LogP) is 4.24. The van der Waals surface area contributed by atoms with Crippen molar-refractivity contribution in [1.29, 1.82) is 0 Å². The molecule has 0 radical (unpaired) electrons. The first-order valence-corrected chi connectivity index (χ1v) is 7.58. The first-order valence-electron chi connectivity index (χ1n) is 6.70. The summed E-state index contributed by atoms with van der Waals surface area (Å²) in [5.74, 6) is 0.895. The van der Waals surface area contributed by atoms with Gasteiger partial charge in [0.1, 0.15) is 0 Å². The molecule has 0 heterocycles. The number of thioether (sulfide) groups is 1. The molecule has 2 atom stereocenters.